The van der Waals surface area contributed by atoms with Crippen molar-refractivity contribution in [3.8, 4) is 11.3 Å². The number of alkyl halides is 5. The number of hydrogen-bond donors (Lipinski definition) is 4. The van der Waals surface area contributed by atoms with E-state index in [-0.39, 0.29) is 59.3 Å². The highest BCUT2D eigenvalue weighted by molar-refractivity contribution is 6.34. The molecule has 19 heteroatoms. The van der Waals surface area contributed by atoms with Crippen LogP contribution in [-0.4, -0.2) is 109 Å². The average Bonchev–Trinajstić information content (AvgIpc) is 3.63. The molecule has 0 radical (unpaired) electrons. The zero-order chi connectivity index (χ0) is 33.5. The van der Waals surface area contributed by atoms with Crippen molar-refractivity contribution in [2.24, 2.45) is 0 Å². The number of halogens is 6. The van der Waals surface area contributed by atoms with Gasteiger partial charge in [-0.3, -0.25) is 13.9 Å². The number of imidazole rings is 1. The number of piperazine rings is 1. The minimum atomic E-state index is -4.91. The van der Waals surface area contributed by atoms with E-state index in [0.717, 1.165) is 12.4 Å². The van der Waals surface area contributed by atoms with Crippen molar-refractivity contribution in [2.75, 3.05) is 51.1 Å². The second-order valence-corrected chi connectivity index (χ2v) is 11.6. The Morgan fingerprint density at radius 2 is 1.83 bits per heavy atom. The number of hydrogen-bond acceptors (Lipinski definition) is 8. The molecule has 2 saturated heterocycles. The van der Waals surface area contributed by atoms with Gasteiger partial charge in [0.2, 0.25) is 0 Å². The highest BCUT2D eigenvalue weighted by atomic mass is 35.5. The maximum absolute atomic E-state index is 13.7. The van der Waals surface area contributed by atoms with Crippen LogP contribution >= 0.6 is 11.6 Å². The molecule has 0 bridgehead atoms. The van der Waals surface area contributed by atoms with Crippen LogP contribution in [0.15, 0.2) is 43.0 Å². The summed E-state index contributed by atoms with van der Waals surface area (Å²) in [7, 11) is 0. The third-order valence-electron chi connectivity index (χ3n) is 7.85. The van der Waals surface area contributed by atoms with Gasteiger partial charge >= 0.3 is 12.2 Å². The zero-order valence-electron chi connectivity index (χ0n) is 24.4. The number of anilines is 2. The molecule has 2 aliphatic heterocycles. The number of aromatic nitrogens is 5. The number of nitrogens with zero attached hydrogens (tertiary/aromatic N) is 7. The molecule has 3 aromatic heterocycles. The maximum Gasteiger partial charge on any atom is 0.435 e. The van der Waals surface area contributed by atoms with E-state index >= 15 is 0 Å². The number of rotatable bonds is 8. The summed E-state index contributed by atoms with van der Waals surface area (Å²) in [5.74, 6) is -0.181. The molecule has 1 aromatic carbocycles. The largest absolute Gasteiger partial charge is 0.435 e. The summed E-state index contributed by atoms with van der Waals surface area (Å²) < 4.78 is 68.9. The number of benzene rings is 1. The van der Waals surface area contributed by atoms with Gasteiger partial charge in [-0.05, 0) is 18.2 Å². The van der Waals surface area contributed by atoms with Gasteiger partial charge in [0.15, 0.2) is 17.2 Å². The van der Waals surface area contributed by atoms with Crippen LogP contribution in [0.1, 0.15) is 16.1 Å². The highest BCUT2D eigenvalue weighted by Gasteiger charge is 2.39. The number of carbonyl (C=O) groups excluding carboxylic acids is 2. The molecule has 4 N–H and O–H groups in total. The van der Waals surface area contributed by atoms with Crippen molar-refractivity contribution >= 4 is 40.7 Å². The van der Waals surface area contributed by atoms with E-state index in [4.69, 9.17) is 11.6 Å². The third kappa shape index (κ3) is 6.79. The monoisotopic (exact) mass is 682 g/mol. The predicted octanol–water partition coefficient (Wildman–Crippen LogP) is 3.08. The SMILES string of the molecule is O=C(NCC1(O)CNC1)N1CCN(C(=O)c2ccc(Nc3nccn4c(-c5cn(CC(F)F)nc5C(F)(F)F)cnc34)cc2Cl)CC1. The summed E-state index contributed by atoms with van der Waals surface area (Å²) in [5.41, 5.74) is -1.98. The van der Waals surface area contributed by atoms with Crippen LogP contribution < -0.4 is 16.0 Å². The molecule has 6 rings (SSSR count). The standard InChI is InChI=1S/C28H28ClF5N10O3/c29-19-9-16(1-2-17(19)25(45)41-5-7-42(8-6-41)26(46)38-15-27(47)13-35-14-27)39-23-24-37-10-20(44(24)4-3-36-23)18-11-43(12-21(30)31)40-22(18)28(32,33)34/h1-4,9-11,21,35,47H,5-8,12-15H2,(H,36,39)(H,38,46). The number of nitrogens with one attached hydrogen (secondary N) is 3. The van der Waals surface area contributed by atoms with E-state index < -0.39 is 36.0 Å². The quantitative estimate of drug-likeness (QED) is 0.208. The fourth-order valence-corrected chi connectivity index (χ4v) is 5.60. The van der Waals surface area contributed by atoms with Gasteiger partial charge in [0.1, 0.15) is 12.1 Å². The lowest BCUT2D eigenvalue weighted by atomic mass is 9.98. The maximum atomic E-state index is 13.7. The first-order chi connectivity index (χ1) is 22.3. The normalized spacial score (nSPS) is 16.4. The van der Waals surface area contributed by atoms with Gasteiger partial charge in [0, 0.05) is 63.5 Å². The molecule has 2 fully saturated rings. The Labute approximate surface area is 268 Å². The van der Waals surface area contributed by atoms with Gasteiger partial charge in [-0.2, -0.15) is 18.3 Å². The molecule has 250 valence electrons. The van der Waals surface area contributed by atoms with Crippen molar-refractivity contribution in [3.05, 3.63) is 59.3 Å². The molecule has 4 aromatic rings. The van der Waals surface area contributed by atoms with Crippen LogP contribution in [0.3, 0.4) is 0 Å². The molecule has 5 heterocycles. The topological polar surface area (TPSA) is 145 Å². The van der Waals surface area contributed by atoms with E-state index in [1.54, 1.807) is 15.9 Å². The summed E-state index contributed by atoms with van der Waals surface area (Å²) in [4.78, 5) is 37.3. The minimum absolute atomic E-state index is 0.0391. The van der Waals surface area contributed by atoms with E-state index in [2.05, 4.69) is 31.0 Å². The van der Waals surface area contributed by atoms with Crippen molar-refractivity contribution < 1.29 is 36.6 Å². The number of aliphatic hydroxyl groups is 1. The summed E-state index contributed by atoms with van der Waals surface area (Å²) in [5, 5.41) is 22.3. The molecule has 3 amide bonds. The minimum Gasteiger partial charge on any atom is -0.385 e. The molecule has 2 aliphatic rings. The second kappa shape index (κ2) is 12.6. The Hall–Kier alpha value is -4.55. The number of amides is 3. The average molecular weight is 683 g/mol. The Balaban J connectivity index is 1.14. The van der Waals surface area contributed by atoms with Gasteiger partial charge in [-0.1, -0.05) is 11.6 Å². The lowest BCUT2D eigenvalue weighted by molar-refractivity contribution is -0.141. The Morgan fingerprint density at radius 3 is 2.47 bits per heavy atom. The Bertz CT molecular complexity index is 1800. The molecule has 13 nitrogen and oxygen atoms in total. The van der Waals surface area contributed by atoms with Crippen LogP contribution in [0, 0.1) is 0 Å². The molecule has 0 aliphatic carbocycles. The summed E-state index contributed by atoms with van der Waals surface area (Å²) >= 11 is 6.49. The lowest BCUT2D eigenvalue weighted by Gasteiger charge is -2.39. The van der Waals surface area contributed by atoms with Crippen molar-refractivity contribution in [1.82, 2.24) is 44.6 Å². The smallest absolute Gasteiger partial charge is 0.385 e. The summed E-state index contributed by atoms with van der Waals surface area (Å²) in [6.45, 7) is 1.09. The van der Waals surface area contributed by atoms with Gasteiger partial charge in [-0.15, -0.1) is 0 Å². The van der Waals surface area contributed by atoms with Crippen LogP contribution in [-0.2, 0) is 12.7 Å². The highest BCUT2D eigenvalue weighted by Crippen LogP contribution is 2.37. The van der Waals surface area contributed by atoms with Gasteiger partial charge < -0.3 is 30.9 Å². The van der Waals surface area contributed by atoms with Gasteiger partial charge in [0.05, 0.1) is 34.6 Å². The van der Waals surface area contributed by atoms with Crippen LogP contribution in [0.5, 0.6) is 0 Å². The first-order valence-corrected chi connectivity index (χ1v) is 14.8. The molecular weight excluding hydrogens is 655 g/mol. The van der Waals surface area contributed by atoms with Crippen LogP contribution in [0.4, 0.5) is 38.3 Å². The van der Waals surface area contributed by atoms with Crippen molar-refractivity contribution in [1.29, 1.82) is 0 Å². The van der Waals surface area contributed by atoms with E-state index in [9.17, 15) is 36.6 Å². The Kier molecular flexibility index (Phi) is 8.66. The predicted molar refractivity (Wildman–Crippen MR) is 159 cm³/mol. The first kappa shape index (κ1) is 32.4. The van der Waals surface area contributed by atoms with Crippen molar-refractivity contribution in [3.63, 3.8) is 0 Å². The second-order valence-electron chi connectivity index (χ2n) is 11.2. The third-order valence-corrected chi connectivity index (χ3v) is 8.17. The molecule has 0 spiro atoms. The molecular formula is C28H28ClF5N10O3. The zero-order valence-corrected chi connectivity index (χ0v) is 25.2. The van der Waals surface area contributed by atoms with Gasteiger partial charge in [0.25, 0.3) is 12.3 Å². The summed E-state index contributed by atoms with van der Waals surface area (Å²) in [6, 6.07) is 4.27. The number of fused-ring (bicyclic) bond motifs is 1. The fraction of sp³-hybridized carbons (Fsp3) is 0.393. The van der Waals surface area contributed by atoms with E-state index in [1.807, 2.05) is 0 Å². The lowest BCUT2D eigenvalue weighted by Crippen LogP contribution is -2.65. The molecule has 0 unspecified atom stereocenters. The van der Waals surface area contributed by atoms with Gasteiger partial charge in [-0.25, -0.2) is 23.5 Å². The van der Waals surface area contributed by atoms with Crippen molar-refractivity contribution in [2.45, 2.75) is 24.7 Å². The number of urea groups is 1. The fourth-order valence-electron chi connectivity index (χ4n) is 5.34. The van der Waals surface area contributed by atoms with E-state index in [1.165, 1.54) is 28.9 Å². The Morgan fingerprint density at radius 1 is 1.11 bits per heavy atom. The number of β-amino-alcohol motifs (C(OH)–C–C–N with tert-alkyl or cyclic N) is 1. The summed E-state index contributed by atoms with van der Waals surface area (Å²) in [6.07, 6.45) is -3.05. The van der Waals surface area contributed by atoms with Crippen LogP contribution in [0.2, 0.25) is 5.02 Å². The van der Waals surface area contributed by atoms with E-state index in [0.29, 0.717) is 36.5 Å². The molecule has 0 atom stereocenters. The number of carbonyl (C=O) groups is 2. The molecule has 0 saturated carbocycles. The molecule has 47 heavy (non-hydrogen) atoms. The first-order valence-electron chi connectivity index (χ1n) is 14.4. The van der Waals surface area contributed by atoms with Crippen LogP contribution in [0.25, 0.3) is 16.9 Å².